The van der Waals surface area contributed by atoms with Crippen molar-refractivity contribution in [1.82, 2.24) is 9.13 Å². The van der Waals surface area contributed by atoms with E-state index in [4.69, 9.17) is 0 Å². The first-order valence-electron chi connectivity index (χ1n) is 7.28. The van der Waals surface area contributed by atoms with Gasteiger partial charge < -0.3 is 0 Å². The molecule has 0 unspecified atom stereocenters. The molecule has 0 saturated carbocycles. The lowest BCUT2D eigenvalue weighted by atomic mass is 9.96. The second-order valence-electron chi connectivity index (χ2n) is 6.20. The van der Waals surface area contributed by atoms with E-state index < -0.39 is 0 Å². The molecule has 0 amide bonds. The fourth-order valence-corrected chi connectivity index (χ4v) is 3.18. The zero-order chi connectivity index (χ0) is 13.7. The third-order valence-electron chi connectivity index (χ3n) is 4.17. The first kappa shape index (κ1) is 12.5. The van der Waals surface area contributed by atoms with Gasteiger partial charge >= 0.3 is 5.69 Å². The summed E-state index contributed by atoms with van der Waals surface area (Å²) >= 11 is 0. The van der Waals surface area contributed by atoms with E-state index in [2.05, 4.69) is 39.8 Å². The molecule has 0 aliphatic carbocycles. The van der Waals surface area contributed by atoms with Crippen molar-refractivity contribution in [3.63, 3.8) is 0 Å². The maximum Gasteiger partial charge on any atom is 0.329 e. The zero-order valence-electron chi connectivity index (χ0n) is 12.2. The predicted molar refractivity (Wildman–Crippen MR) is 79.0 cm³/mol. The van der Waals surface area contributed by atoms with Gasteiger partial charge in [0.1, 0.15) is 0 Å². The molecule has 3 heteroatoms. The number of imidazole rings is 1. The summed E-state index contributed by atoms with van der Waals surface area (Å²) < 4.78 is 3.92. The van der Waals surface area contributed by atoms with E-state index in [0.29, 0.717) is 5.92 Å². The molecule has 0 radical (unpaired) electrons. The standard InChI is InChI=1S/C16H22N2O/c1-10(2)13-8-12-6-5-7-17-15(12)14(9-13)18(11(3)4)16(17)19/h8-11H,5-7H2,1-4H3. The van der Waals surface area contributed by atoms with E-state index in [1.807, 2.05) is 9.13 Å². The Balaban J connectivity index is 2.44. The van der Waals surface area contributed by atoms with Crippen molar-refractivity contribution >= 4 is 11.0 Å². The Morgan fingerprint density at radius 3 is 2.53 bits per heavy atom. The van der Waals surface area contributed by atoms with Gasteiger partial charge in [0, 0.05) is 12.6 Å². The molecule has 1 aliphatic heterocycles. The fraction of sp³-hybridized carbons (Fsp3) is 0.562. The highest BCUT2D eigenvalue weighted by Crippen LogP contribution is 2.30. The minimum Gasteiger partial charge on any atom is -0.292 e. The second kappa shape index (κ2) is 4.26. The Morgan fingerprint density at radius 2 is 1.89 bits per heavy atom. The van der Waals surface area contributed by atoms with Crippen LogP contribution in [-0.4, -0.2) is 9.13 Å². The number of rotatable bonds is 2. The lowest BCUT2D eigenvalue weighted by Gasteiger charge is -2.16. The number of aromatic nitrogens is 2. The minimum absolute atomic E-state index is 0.159. The summed E-state index contributed by atoms with van der Waals surface area (Å²) in [6.07, 6.45) is 2.17. The molecule has 0 spiro atoms. The Bertz CT molecular complexity index is 689. The number of benzene rings is 1. The first-order chi connectivity index (χ1) is 9.00. The number of nitrogens with zero attached hydrogens (tertiary/aromatic N) is 2. The second-order valence-corrected chi connectivity index (χ2v) is 6.20. The molecule has 1 aromatic carbocycles. The van der Waals surface area contributed by atoms with Gasteiger partial charge in [-0.15, -0.1) is 0 Å². The van der Waals surface area contributed by atoms with Gasteiger partial charge in [0.2, 0.25) is 0 Å². The van der Waals surface area contributed by atoms with Gasteiger partial charge in [0.15, 0.2) is 0 Å². The molecule has 2 heterocycles. The molecule has 3 nitrogen and oxygen atoms in total. The topological polar surface area (TPSA) is 26.9 Å². The monoisotopic (exact) mass is 258 g/mol. The first-order valence-corrected chi connectivity index (χ1v) is 7.28. The number of aryl methyl sites for hydroxylation is 2. The van der Waals surface area contributed by atoms with Gasteiger partial charge in [0.05, 0.1) is 11.0 Å². The van der Waals surface area contributed by atoms with Gasteiger partial charge in [-0.25, -0.2) is 4.79 Å². The van der Waals surface area contributed by atoms with Crippen molar-refractivity contribution in [2.45, 2.75) is 59.0 Å². The summed E-state index contributed by atoms with van der Waals surface area (Å²) in [6.45, 7) is 9.47. The molecule has 1 aromatic heterocycles. The SMILES string of the molecule is CC(C)c1cc2c3c(c1)n(C(C)C)c(=O)n3CCC2. The molecule has 0 N–H and O–H groups in total. The molecule has 102 valence electrons. The van der Waals surface area contributed by atoms with E-state index in [1.54, 1.807) is 0 Å². The highest BCUT2D eigenvalue weighted by molar-refractivity contribution is 5.81. The fourth-order valence-electron chi connectivity index (χ4n) is 3.18. The lowest BCUT2D eigenvalue weighted by molar-refractivity contribution is 0.548. The van der Waals surface area contributed by atoms with E-state index in [1.165, 1.54) is 16.6 Å². The van der Waals surface area contributed by atoms with Crippen LogP contribution in [0.1, 0.15) is 57.2 Å². The van der Waals surface area contributed by atoms with Crippen molar-refractivity contribution in [2.24, 2.45) is 0 Å². The van der Waals surface area contributed by atoms with Gasteiger partial charge in [-0.1, -0.05) is 19.9 Å². The summed E-state index contributed by atoms with van der Waals surface area (Å²) in [4.78, 5) is 12.6. The summed E-state index contributed by atoms with van der Waals surface area (Å²) in [6, 6.07) is 4.73. The van der Waals surface area contributed by atoms with Crippen LogP contribution in [0.2, 0.25) is 0 Å². The van der Waals surface area contributed by atoms with Crippen LogP contribution in [0.25, 0.3) is 11.0 Å². The Morgan fingerprint density at radius 1 is 1.16 bits per heavy atom. The molecular formula is C16H22N2O. The molecular weight excluding hydrogens is 236 g/mol. The van der Waals surface area contributed by atoms with Crippen LogP contribution in [0.4, 0.5) is 0 Å². The summed E-state index contributed by atoms with van der Waals surface area (Å²) in [7, 11) is 0. The number of hydrogen-bond donors (Lipinski definition) is 0. The van der Waals surface area contributed by atoms with Crippen LogP contribution in [0.3, 0.4) is 0 Å². The molecule has 0 fully saturated rings. The van der Waals surface area contributed by atoms with Crippen molar-refractivity contribution < 1.29 is 0 Å². The zero-order valence-corrected chi connectivity index (χ0v) is 12.2. The molecule has 0 saturated heterocycles. The maximum absolute atomic E-state index is 12.6. The van der Waals surface area contributed by atoms with Crippen molar-refractivity contribution in [3.8, 4) is 0 Å². The van der Waals surface area contributed by atoms with E-state index in [-0.39, 0.29) is 11.7 Å². The van der Waals surface area contributed by atoms with Crippen molar-refractivity contribution in [3.05, 3.63) is 33.7 Å². The Kier molecular flexibility index (Phi) is 2.80. The molecule has 19 heavy (non-hydrogen) atoms. The Labute approximate surface area is 113 Å². The highest BCUT2D eigenvalue weighted by Gasteiger charge is 2.22. The number of hydrogen-bond acceptors (Lipinski definition) is 1. The summed E-state index contributed by atoms with van der Waals surface area (Å²) in [5, 5.41) is 0. The van der Waals surface area contributed by atoms with E-state index in [0.717, 1.165) is 24.9 Å². The van der Waals surface area contributed by atoms with Crippen LogP contribution in [0, 0.1) is 0 Å². The normalized spacial score (nSPS) is 14.8. The highest BCUT2D eigenvalue weighted by atomic mass is 16.1. The van der Waals surface area contributed by atoms with Gasteiger partial charge in [-0.3, -0.25) is 9.13 Å². The quantitative estimate of drug-likeness (QED) is 0.810. The van der Waals surface area contributed by atoms with Gasteiger partial charge in [-0.2, -0.15) is 0 Å². The molecule has 3 rings (SSSR count). The molecule has 1 aliphatic rings. The average Bonchev–Trinajstić information content (AvgIpc) is 2.64. The average molecular weight is 258 g/mol. The van der Waals surface area contributed by atoms with Crippen LogP contribution in [0.5, 0.6) is 0 Å². The minimum atomic E-state index is 0.159. The van der Waals surface area contributed by atoms with Gasteiger partial charge in [0.25, 0.3) is 0 Å². The van der Waals surface area contributed by atoms with Gasteiger partial charge in [-0.05, 0) is 49.8 Å². The lowest BCUT2D eigenvalue weighted by Crippen LogP contribution is -2.26. The summed E-state index contributed by atoms with van der Waals surface area (Å²) in [5.41, 5.74) is 5.15. The van der Waals surface area contributed by atoms with Crippen molar-refractivity contribution in [2.75, 3.05) is 0 Å². The van der Waals surface area contributed by atoms with Crippen LogP contribution in [0.15, 0.2) is 16.9 Å². The smallest absolute Gasteiger partial charge is 0.292 e. The van der Waals surface area contributed by atoms with Crippen LogP contribution < -0.4 is 5.69 Å². The molecule has 2 aromatic rings. The van der Waals surface area contributed by atoms with E-state index in [9.17, 15) is 4.79 Å². The predicted octanol–water partition coefficient (Wildman–Crippen LogP) is 3.45. The largest absolute Gasteiger partial charge is 0.329 e. The maximum atomic E-state index is 12.6. The van der Waals surface area contributed by atoms with Crippen LogP contribution >= 0.6 is 0 Å². The summed E-state index contributed by atoms with van der Waals surface area (Å²) in [5.74, 6) is 0.502. The van der Waals surface area contributed by atoms with E-state index >= 15 is 0 Å². The Hall–Kier alpha value is -1.51. The third kappa shape index (κ3) is 1.75. The third-order valence-corrected chi connectivity index (χ3v) is 4.17. The molecule has 0 bridgehead atoms. The van der Waals surface area contributed by atoms with Crippen LogP contribution in [-0.2, 0) is 13.0 Å². The van der Waals surface area contributed by atoms with Crippen molar-refractivity contribution in [1.29, 1.82) is 0 Å². The molecule has 0 atom stereocenters.